The van der Waals surface area contributed by atoms with Crippen molar-refractivity contribution in [1.82, 2.24) is 9.88 Å². The van der Waals surface area contributed by atoms with Gasteiger partial charge in [-0.1, -0.05) is 0 Å². The van der Waals surface area contributed by atoms with E-state index in [1.807, 2.05) is 17.0 Å². The fourth-order valence-corrected chi connectivity index (χ4v) is 3.64. The molecule has 2 amide bonds. The van der Waals surface area contributed by atoms with E-state index >= 15 is 0 Å². The highest BCUT2D eigenvalue weighted by Gasteiger charge is 2.61. The van der Waals surface area contributed by atoms with E-state index in [0.717, 1.165) is 31.6 Å². The molecule has 0 radical (unpaired) electrons. The predicted octanol–water partition coefficient (Wildman–Crippen LogP) is 2.06. The molecule has 0 unspecified atom stereocenters. The fraction of sp³-hybridized carbons (Fsp3) is 0.588. The zero-order valence-electron chi connectivity index (χ0n) is 12.6. The average Bonchev–Trinajstić information content (AvgIpc) is 3.39. The van der Waals surface area contributed by atoms with Crippen LogP contribution in [0.5, 0.6) is 0 Å². The number of carbonyl (C=O) groups excluding carboxylic acids is 2. The van der Waals surface area contributed by atoms with Gasteiger partial charge in [-0.25, -0.2) is 0 Å². The third kappa shape index (κ3) is 2.60. The van der Waals surface area contributed by atoms with Crippen molar-refractivity contribution in [3.8, 4) is 0 Å². The molecule has 1 aromatic rings. The van der Waals surface area contributed by atoms with Crippen LogP contribution in [0.25, 0.3) is 0 Å². The Kier molecular flexibility index (Phi) is 3.17. The SMILES string of the molecule is O=C(Nc1cccnc1)[C@H]1C[C@]12CCN(C(=O)CC1CC1)C2. The fourth-order valence-electron chi connectivity index (χ4n) is 3.64. The molecule has 1 saturated heterocycles. The van der Waals surface area contributed by atoms with Crippen LogP contribution in [0, 0.1) is 17.3 Å². The van der Waals surface area contributed by atoms with Crippen molar-refractivity contribution in [3.05, 3.63) is 24.5 Å². The van der Waals surface area contributed by atoms with Gasteiger partial charge >= 0.3 is 0 Å². The predicted molar refractivity (Wildman–Crippen MR) is 81.9 cm³/mol. The zero-order chi connectivity index (χ0) is 15.2. The highest BCUT2D eigenvalue weighted by atomic mass is 16.2. The third-order valence-corrected chi connectivity index (χ3v) is 5.33. The summed E-state index contributed by atoms with van der Waals surface area (Å²) in [5.74, 6) is 1.04. The van der Waals surface area contributed by atoms with Crippen molar-refractivity contribution in [3.63, 3.8) is 0 Å². The van der Waals surface area contributed by atoms with E-state index in [0.29, 0.717) is 12.3 Å². The molecule has 1 aromatic heterocycles. The molecule has 1 aliphatic heterocycles. The minimum Gasteiger partial charge on any atom is -0.342 e. The molecule has 0 aromatic carbocycles. The second-order valence-corrected chi connectivity index (χ2v) is 7.06. The van der Waals surface area contributed by atoms with Crippen molar-refractivity contribution < 1.29 is 9.59 Å². The van der Waals surface area contributed by atoms with Crippen molar-refractivity contribution in [2.45, 2.75) is 32.1 Å². The van der Waals surface area contributed by atoms with Gasteiger partial charge in [0.05, 0.1) is 11.9 Å². The van der Waals surface area contributed by atoms with E-state index in [2.05, 4.69) is 10.3 Å². The minimum absolute atomic E-state index is 0.0471. The number of nitrogens with one attached hydrogen (secondary N) is 1. The van der Waals surface area contributed by atoms with Crippen LogP contribution >= 0.6 is 0 Å². The second-order valence-electron chi connectivity index (χ2n) is 7.06. The maximum atomic E-state index is 12.4. The van der Waals surface area contributed by atoms with Crippen molar-refractivity contribution >= 4 is 17.5 Å². The highest BCUT2D eigenvalue weighted by molar-refractivity contribution is 5.95. The number of pyridine rings is 1. The lowest BCUT2D eigenvalue weighted by atomic mass is 10.0. The summed E-state index contributed by atoms with van der Waals surface area (Å²) in [6, 6.07) is 3.66. The van der Waals surface area contributed by atoms with Gasteiger partial charge in [0.25, 0.3) is 0 Å². The molecule has 5 nitrogen and oxygen atoms in total. The van der Waals surface area contributed by atoms with Crippen LogP contribution in [0.2, 0.25) is 0 Å². The molecule has 1 spiro atoms. The topological polar surface area (TPSA) is 62.3 Å². The Bertz CT molecular complexity index is 599. The van der Waals surface area contributed by atoms with E-state index < -0.39 is 0 Å². The molecule has 2 saturated carbocycles. The highest BCUT2D eigenvalue weighted by Crippen LogP contribution is 2.59. The zero-order valence-corrected chi connectivity index (χ0v) is 12.6. The number of hydrogen-bond donors (Lipinski definition) is 1. The lowest BCUT2D eigenvalue weighted by molar-refractivity contribution is -0.131. The van der Waals surface area contributed by atoms with Gasteiger partial charge in [0, 0.05) is 37.0 Å². The molecule has 4 rings (SSSR count). The number of carbonyl (C=O) groups is 2. The third-order valence-electron chi connectivity index (χ3n) is 5.33. The normalized spacial score (nSPS) is 29.6. The molecular formula is C17H21N3O2. The molecule has 5 heteroatoms. The molecule has 2 heterocycles. The Balaban J connectivity index is 1.33. The first-order valence-electron chi connectivity index (χ1n) is 8.15. The maximum absolute atomic E-state index is 12.4. The molecule has 2 atom stereocenters. The van der Waals surface area contributed by atoms with Crippen molar-refractivity contribution in [1.29, 1.82) is 0 Å². The summed E-state index contributed by atoms with van der Waals surface area (Å²) in [7, 11) is 0. The smallest absolute Gasteiger partial charge is 0.228 e. The Morgan fingerprint density at radius 1 is 1.41 bits per heavy atom. The standard InChI is InChI=1S/C17H21N3O2/c21-15(8-12-3-4-12)20-7-5-17(11-20)9-14(17)16(22)19-13-2-1-6-18-10-13/h1-2,6,10,12,14H,3-5,7-9,11H2,(H,19,22)/t14-,17+/m1/s1. The summed E-state index contributed by atoms with van der Waals surface area (Å²) in [6.07, 6.45) is 8.35. The number of likely N-dealkylation sites (tertiary alicyclic amines) is 1. The van der Waals surface area contributed by atoms with Crippen LogP contribution < -0.4 is 5.32 Å². The molecule has 22 heavy (non-hydrogen) atoms. The molecule has 2 aliphatic carbocycles. The summed E-state index contributed by atoms with van der Waals surface area (Å²) in [5.41, 5.74) is 0.792. The maximum Gasteiger partial charge on any atom is 0.228 e. The number of nitrogens with zero attached hydrogens (tertiary/aromatic N) is 2. The van der Waals surface area contributed by atoms with Crippen LogP contribution in [0.15, 0.2) is 24.5 Å². The van der Waals surface area contributed by atoms with Crippen LogP contribution in [0.1, 0.15) is 32.1 Å². The quantitative estimate of drug-likeness (QED) is 0.925. The monoisotopic (exact) mass is 299 g/mol. The molecule has 3 aliphatic rings. The summed E-state index contributed by atoms with van der Waals surface area (Å²) in [4.78, 5) is 30.5. The van der Waals surface area contributed by atoms with Crippen LogP contribution in [-0.2, 0) is 9.59 Å². The number of anilines is 1. The van der Waals surface area contributed by atoms with Gasteiger partial charge in [-0.2, -0.15) is 0 Å². The second kappa shape index (κ2) is 5.07. The largest absolute Gasteiger partial charge is 0.342 e. The van der Waals surface area contributed by atoms with Crippen LogP contribution in [-0.4, -0.2) is 34.8 Å². The lowest BCUT2D eigenvalue weighted by Crippen LogP contribution is -2.30. The van der Waals surface area contributed by atoms with Crippen molar-refractivity contribution in [2.75, 3.05) is 18.4 Å². The molecule has 3 fully saturated rings. The lowest BCUT2D eigenvalue weighted by Gasteiger charge is -2.16. The number of amides is 2. The minimum atomic E-state index is 0.0471. The first-order chi connectivity index (χ1) is 10.7. The van der Waals surface area contributed by atoms with Crippen molar-refractivity contribution in [2.24, 2.45) is 17.3 Å². The summed E-state index contributed by atoms with van der Waals surface area (Å²) >= 11 is 0. The first kappa shape index (κ1) is 13.7. The van der Waals surface area contributed by atoms with E-state index in [4.69, 9.17) is 0 Å². The van der Waals surface area contributed by atoms with Crippen LogP contribution in [0.4, 0.5) is 5.69 Å². The number of hydrogen-bond acceptors (Lipinski definition) is 3. The average molecular weight is 299 g/mol. The summed E-state index contributed by atoms with van der Waals surface area (Å²) in [5, 5.41) is 2.94. The Morgan fingerprint density at radius 2 is 2.27 bits per heavy atom. The van der Waals surface area contributed by atoms with E-state index in [9.17, 15) is 9.59 Å². The Morgan fingerprint density at radius 3 is 3.00 bits per heavy atom. The van der Waals surface area contributed by atoms with Gasteiger partial charge in [-0.3, -0.25) is 14.6 Å². The molecule has 116 valence electrons. The van der Waals surface area contributed by atoms with Gasteiger partial charge in [0.2, 0.25) is 11.8 Å². The number of rotatable bonds is 4. The number of aromatic nitrogens is 1. The van der Waals surface area contributed by atoms with Gasteiger partial charge in [0.1, 0.15) is 0 Å². The van der Waals surface area contributed by atoms with Gasteiger partial charge < -0.3 is 10.2 Å². The van der Waals surface area contributed by atoms with E-state index in [1.165, 1.54) is 12.8 Å². The van der Waals surface area contributed by atoms with Gasteiger partial charge in [0.15, 0.2) is 0 Å². The summed E-state index contributed by atoms with van der Waals surface area (Å²) < 4.78 is 0. The van der Waals surface area contributed by atoms with Crippen LogP contribution in [0.3, 0.4) is 0 Å². The Labute approximate surface area is 130 Å². The van der Waals surface area contributed by atoms with Gasteiger partial charge in [-0.05, 0) is 43.7 Å². The van der Waals surface area contributed by atoms with E-state index in [1.54, 1.807) is 12.4 Å². The molecule has 0 bridgehead atoms. The first-order valence-corrected chi connectivity index (χ1v) is 8.15. The molecular weight excluding hydrogens is 278 g/mol. The van der Waals surface area contributed by atoms with E-state index in [-0.39, 0.29) is 23.1 Å². The van der Waals surface area contributed by atoms with Gasteiger partial charge in [-0.15, -0.1) is 0 Å². The Hall–Kier alpha value is -1.91. The summed E-state index contributed by atoms with van der Waals surface area (Å²) in [6.45, 7) is 1.59. The molecule has 1 N–H and O–H groups in total.